The van der Waals surface area contributed by atoms with E-state index in [0.29, 0.717) is 0 Å². The van der Waals surface area contributed by atoms with E-state index in [4.69, 9.17) is 0 Å². The third-order valence-corrected chi connectivity index (χ3v) is 2.67. The minimum atomic E-state index is -4.39. The number of hydrogen-bond donors (Lipinski definition) is 2. The summed E-state index contributed by atoms with van der Waals surface area (Å²) in [5.41, 5.74) is -1.82. The Morgan fingerprint density at radius 2 is 1.78 bits per heavy atom. The van der Waals surface area contributed by atoms with Crippen molar-refractivity contribution in [1.82, 2.24) is 5.32 Å². The number of aliphatic hydroxyl groups is 1. The predicted molar refractivity (Wildman–Crippen MR) is 64.2 cm³/mol. The van der Waals surface area contributed by atoms with Gasteiger partial charge in [-0.1, -0.05) is 26.0 Å². The Balaban J connectivity index is 2.95. The van der Waals surface area contributed by atoms with E-state index in [9.17, 15) is 18.3 Å². The molecular weight excluding hydrogens is 243 g/mol. The first-order valence-electron chi connectivity index (χ1n) is 5.76. The van der Waals surface area contributed by atoms with E-state index in [1.54, 1.807) is 0 Å². The fourth-order valence-corrected chi connectivity index (χ4v) is 1.54. The molecule has 18 heavy (non-hydrogen) atoms. The van der Waals surface area contributed by atoms with Gasteiger partial charge >= 0.3 is 6.18 Å². The molecule has 0 saturated carbocycles. The fraction of sp³-hybridized carbons (Fsp3) is 0.538. The molecule has 102 valence electrons. The summed E-state index contributed by atoms with van der Waals surface area (Å²) in [7, 11) is 0. The van der Waals surface area contributed by atoms with Gasteiger partial charge in [0.2, 0.25) is 0 Å². The quantitative estimate of drug-likeness (QED) is 0.873. The Hall–Kier alpha value is -1.07. The lowest BCUT2D eigenvalue weighted by Gasteiger charge is -2.26. The van der Waals surface area contributed by atoms with E-state index in [1.807, 2.05) is 13.8 Å². The predicted octanol–water partition coefficient (Wildman–Crippen LogP) is 2.91. The zero-order valence-electron chi connectivity index (χ0n) is 10.7. The second kappa shape index (κ2) is 5.28. The SMILES string of the molecule is CC(C)NCC(C)(O)c1cccc(C(F)(F)F)c1. The third-order valence-electron chi connectivity index (χ3n) is 2.67. The van der Waals surface area contributed by atoms with E-state index in [1.165, 1.54) is 19.1 Å². The monoisotopic (exact) mass is 261 g/mol. The van der Waals surface area contributed by atoms with Crippen LogP contribution >= 0.6 is 0 Å². The van der Waals surface area contributed by atoms with Gasteiger partial charge in [-0.15, -0.1) is 0 Å². The Labute approximate surface area is 105 Å². The van der Waals surface area contributed by atoms with E-state index in [-0.39, 0.29) is 18.2 Å². The van der Waals surface area contributed by atoms with E-state index in [0.717, 1.165) is 12.1 Å². The molecule has 0 aromatic heterocycles. The topological polar surface area (TPSA) is 32.3 Å². The second-order valence-corrected chi connectivity index (χ2v) is 4.89. The Bertz CT molecular complexity index is 399. The van der Waals surface area contributed by atoms with Gasteiger partial charge in [-0.25, -0.2) is 0 Å². The van der Waals surface area contributed by atoms with Gasteiger partial charge in [0.05, 0.1) is 11.2 Å². The maximum absolute atomic E-state index is 12.6. The van der Waals surface area contributed by atoms with Crippen LogP contribution in [0, 0.1) is 0 Å². The van der Waals surface area contributed by atoms with Crippen LogP contribution in [0.1, 0.15) is 31.9 Å². The molecule has 1 rings (SSSR count). The van der Waals surface area contributed by atoms with Crippen LogP contribution in [0.3, 0.4) is 0 Å². The standard InChI is InChI=1S/C13H18F3NO/c1-9(2)17-8-12(3,18)10-5-4-6-11(7-10)13(14,15)16/h4-7,9,17-18H,8H2,1-3H3. The molecule has 5 heteroatoms. The first-order chi connectivity index (χ1) is 8.13. The molecule has 0 heterocycles. The van der Waals surface area contributed by atoms with E-state index >= 15 is 0 Å². The van der Waals surface area contributed by atoms with Crippen molar-refractivity contribution in [2.45, 2.75) is 38.6 Å². The average Bonchev–Trinajstić information content (AvgIpc) is 2.26. The molecule has 1 aromatic carbocycles. The number of alkyl halides is 3. The van der Waals surface area contributed by atoms with Crippen molar-refractivity contribution in [3.63, 3.8) is 0 Å². The first-order valence-corrected chi connectivity index (χ1v) is 5.76. The molecule has 1 atom stereocenters. The second-order valence-electron chi connectivity index (χ2n) is 4.89. The van der Waals surface area contributed by atoms with Crippen LogP contribution in [0.5, 0.6) is 0 Å². The molecule has 2 N–H and O–H groups in total. The highest BCUT2D eigenvalue weighted by Gasteiger charge is 2.32. The summed E-state index contributed by atoms with van der Waals surface area (Å²) in [5, 5.41) is 13.2. The molecule has 0 amide bonds. The number of hydrogen-bond acceptors (Lipinski definition) is 2. The summed E-state index contributed by atoms with van der Waals surface area (Å²) in [5.74, 6) is 0. The molecule has 0 saturated heterocycles. The fourth-order valence-electron chi connectivity index (χ4n) is 1.54. The molecule has 0 aliphatic carbocycles. The summed E-state index contributed by atoms with van der Waals surface area (Å²) in [4.78, 5) is 0. The zero-order valence-corrected chi connectivity index (χ0v) is 10.7. The van der Waals surface area contributed by atoms with Crippen molar-refractivity contribution in [1.29, 1.82) is 0 Å². The number of halogens is 3. The number of benzene rings is 1. The first kappa shape index (κ1) is 15.0. The van der Waals surface area contributed by atoms with Gasteiger partial charge in [-0.3, -0.25) is 0 Å². The van der Waals surface area contributed by atoms with Crippen LogP contribution in [0.25, 0.3) is 0 Å². The van der Waals surface area contributed by atoms with Crippen molar-refractivity contribution >= 4 is 0 Å². The van der Waals surface area contributed by atoms with Crippen LogP contribution in [-0.4, -0.2) is 17.7 Å². The Morgan fingerprint density at radius 3 is 2.28 bits per heavy atom. The summed E-state index contributed by atoms with van der Waals surface area (Å²) >= 11 is 0. The van der Waals surface area contributed by atoms with Crippen LogP contribution in [0.15, 0.2) is 24.3 Å². The van der Waals surface area contributed by atoms with Crippen LogP contribution in [0.4, 0.5) is 13.2 Å². The lowest BCUT2D eigenvalue weighted by Crippen LogP contribution is -2.38. The number of nitrogens with one attached hydrogen (secondary N) is 1. The van der Waals surface area contributed by atoms with Crippen molar-refractivity contribution in [2.75, 3.05) is 6.54 Å². The largest absolute Gasteiger partial charge is 0.416 e. The van der Waals surface area contributed by atoms with E-state index < -0.39 is 17.3 Å². The zero-order chi connectivity index (χ0) is 14.0. The lowest BCUT2D eigenvalue weighted by atomic mass is 9.94. The van der Waals surface area contributed by atoms with Gasteiger partial charge in [0.15, 0.2) is 0 Å². The van der Waals surface area contributed by atoms with Crippen LogP contribution < -0.4 is 5.32 Å². The summed E-state index contributed by atoms with van der Waals surface area (Å²) in [6, 6.07) is 4.94. The summed E-state index contributed by atoms with van der Waals surface area (Å²) in [6.07, 6.45) is -4.39. The smallest absolute Gasteiger partial charge is 0.384 e. The molecular formula is C13H18F3NO. The van der Waals surface area contributed by atoms with Crippen molar-refractivity contribution in [3.05, 3.63) is 35.4 Å². The Morgan fingerprint density at radius 1 is 1.22 bits per heavy atom. The highest BCUT2D eigenvalue weighted by Crippen LogP contribution is 2.31. The highest BCUT2D eigenvalue weighted by molar-refractivity contribution is 5.29. The van der Waals surface area contributed by atoms with Gasteiger partial charge in [0.25, 0.3) is 0 Å². The van der Waals surface area contributed by atoms with Gasteiger partial charge < -0.3 is 10.4 Å². The van der Waals surface area contributed by atoms with Gasteiger partial charge in [-0.05, 0) is 24.6 Å². The minimum absolute atomic E-state index is 0.155. The lowest BCUT2D eigenvalue weighted by molar-refractivity contribution is -0.137. The molecule has 1 aromatic rings. The Kier molecular flexibility index (Phi) is 4.40. The van der Waals surface area contributed by atoms with Crippen LogP contribution in [-0.2, 0) is 11.8 Å². The molecule has 2 nitrogen and oxygen atoms in total. The van der Waals surface area contributed by atoms with Crippen molar-refractivity contribution in [2.24, 2.45) is 0 Å². The molecule has 0 fully saturated rings. The molecule has 0 spiro atoms. The van der Waals surface area contributed by atoms with Crippen molar-refractivity contribution in [3.8, 4) is 0 Å². The molecule has 0 radical (unpaired) electrons. The minimum Gasteiger partial charge on any atom is -0.384 e. The molecule has 0 bridgehead atoms. The maximum atomic E-state index is 12.6. The average molecular weight is 261 g/mol. The summed E-state index contributed by atoms with van der Waals surface area (Å²) in [6.45, 7) is 5.51. The van der Waals surface area contributed by atoms with Gasteiger partial charge in [-0.2, -0.15) is 13.2 Å². The summed E-state index contributed by atoms with van der Waals surface area (Å²) < 4.78 is 37.7. The van der Waals surface area contributed by atoms with Crippen LogP contribution in [0.2, 0.25) is 0 Å². The van der Waals surface area contributed by atoms with Crippen molar-refractivity contribution < 1.29 is 18.3 Å². The van der Waals surface area contributed by atoms with Gasteiger partial charge in [0, 0.05) is 12.6 Å². The molecule has 1 unspecified atom stereocenters. The third kappa shape index (κ3) is 3.99. The van der Waals surface area contributed by atoms with E-state index in [2.05, 4.69) is 5.32 Å². The highest BCUT2D eigenvalue weighted by atomic mass is 19.4. The van der Waals surface area contributed by atoms with Gasteiger partial charge in [0.1, 0.15) is 0 Å². The molecule has 0 aliphatic rings. The normalized spacial score (nSPS) is 15.8. The maximum Gasteiger partial charge on any atom is 0.416 e. The number of rotatable bonds is 4. The molecule has 0 aliphatic heterocycles.